The molecule has 7 heteroatoms. The van der Waals surface area contributed by atoms with Crippen LogP contribution in [-0.4, -0.2) is 26.1 Å². The molecule has 1 unspecified atom stereocenters. The van der Waals surface area contributed by atoms with Gasteiger partial charge in [-0.05, 0) is 52.8 Å². The average Bonchev–Trinajstić information content (AvgIpc) is 2.71. The van der Waals surface area contributed by atoms with Crippen LogP contribution in [0.2, 0.25) is 0 Å². The van der Waals surface area contributed by atoms with E-state index in [9.17, 15) is 17.1 Å². The molecule has 2 rings (SSSR count). The molecule has 0 bridgehead atoms. The van der Waals surface area contributed by atoms with Gasteiger partial charge in [-0.1, -0.05) is 6.92 Å². The van der Waals surface area contributed by atoms with Crippen molar-refractivity contribution < 1.29 is 17.1 Å². The van der Waals surface area contributed by atoms with Crippen molar-refractivity contribution in [2.75, 3.05) is 11.4 Å². The number of carbonyl (C=O) groups excluding carboxylic acids is 1. The van der Waals surface area contributed by atoms with Gasteiger partial charge >= 0.3 is 10.2 Å². The van der Waals surface area contributed by atoms with Crippen LogP contribution < -0.4 is 4.90 Å². The van der Waals surface area contributed by atoms with Gasteiger partial charge in [0.15, 0.2) is 0 Å². The lowest BCUT2D eigenvalue weighted by atomic mass is 10.1. The number of hydrogen-bond donors (Lipinski definition) is 0. The minimum atomic E-state index is -4.67. The van der Waals surface area contributed by atoms with E-state index in [0.29, 0.717) is 5.69 Å². The summed E-state index contributed by atoms with van der Waals surface area (Å²) in [6.45, 7) is 1.85. The highest BCUT2D eigenvalue weighted by atomic mass is 127. The van der Waals surface area contributed by atoms with E-state index in [1.807, 2.05) is 19.1 Å². The van der Waals surface area contributed by atoms with E-state index in [1.54, 1.807) is 6.07 Å². The molecule has 1 saturated heterocycles. The molecule has 0 N–H and O–H groups in total. The smallest absolute Gasteiger partial charge is 0.307 e. The summed E-state index contributed by atoms with van der Waals surface area (Å²) in [5.41, 5.74) is 1.64. The van der Waals surface area contributed by atoms with Gasteiger partial charge in [-0.25, -0.2) is 0 Å². The summed E-state index contributed by atoms with van der Waals surface area (Å²) in [5.74, 6) is -0.345. The molecule has 1 aromatic carbocycles. The van der Waals surface area contributed by atoms with Crippen LogP contribution in [0.25, 0.3) is 0 Å². The molecule has 1 amide bonds. The van der Waals surface area contributed by atoms with E-state index in [0.717, 1.165) is 15.6 Å². The molecule has 1 aromatic rings. The zero-order chi connectivity index (χ0) is 14.2. The molecule has 19 heavy (non-hydrogen) atoms. The fourth-order valence-electron chi connectivity index (χ4n) is 2.20. The number of nitrogens with zero attached hydrogens (tertiary/aromatic N) is 1. The Labute approximate surface area is 125 Å². The maximum Gasteiger partial charge on any atom is 0.307 e. The van der Waals surface area contributed by atoms with Crippen molar-refractivity contribution in [3.8, 4) is 0 Å². The fourth-order valence-corrected chi connectivity index (χ4v) is 3.42. The second-order valence-corrected chi connectivity index (χ2v) is 7.30. The lowest BCUT2D eigenvalue weighted by molar-refractivity contribution is -0.117. The highest BCUT2D eigenvalue weighted by Crippen LogP contribution is 2.30. The standard InChI is InChI=1S/C12H13FINO3S/c1-2-8-5-9(14)3-4-11(8)15-7-10(6-12(15)16)19(13,17)18/h3-5,10H,2,6-7H2,1H3. The first-order valence-electron chi connectivity index (χ1n) is 5.85. The van der Waals surface area contributed by atoms with Crippen molar-refractivity contribution in [2.24, 2.45) is 0 Å². The van der Waals surface area contributed by atoms with Crippen LogP contribution in [0.15, 0.2) is 18.2 Å². The van der Waals surface area contributed by atoms with Crippen molar-refractivity contribution in [1.82, 2.24) is 0 Å². The number of hydrogen-bond acceptors (Lipinski definition) is 3. The summed E-state index contributed by atoms with van der Waals surface area (Å²) in [5, 5.41) is -1.25. The fraction of sp³-hybridized carbons (Fsp3) is 0.417. The number of halogens is 2. The zero-order valence-corrected chi connectivity index (χ0v) is 13.2. The Morgan fingerprint density at radius 3 is 2.68 bits per heavy atom. The van der Waals surface area contributed by atoms with Gasteiger partial charge in [0, 0.05) is 22.2 Å². The molecule has 1 aliphatic heterocycles. The number of anilines is 1. The molecule has 4 nitrogen and oxygen atoms in total. The monoisotopic (exact) mass is 397 g/mol. The first kappa shape index (κ1) is 14.7. The summed E-state index contributed by atoms with van der Waals surface area (Å²) in [7, 11) is -4.67. The molecule has 0 radical (unpaired) electrons. The summed E-state index contributed by atoms with van der Waals surface area (Å²) < 4.78 is 35.9. The van der Waals surface area contributed by atoms with Crippen LogP contribution in [0, 0.1) is 3.57 Å². The largest absolute Gasteiger partial charge is 0.311 e. The van der Waals surface area contributed by atoms with Gasteiger partial charge in [0.2, 0.25) is 5.91 Å². The quantitative estimate of drug-likeness (QED) is 0.581. The summed E-state index contributed by atoms with van der Waals surface area (Å²) in [6, 6.07) is 5.58. The Morgan fingerprint density at radius 2 is 2.16 bits per heavy atom. The molecule has 0 aromatic heterocycles. The molecule has 0 saturated carbocycles. The van der Waals surface area contributed by atoms with Crippen LogP contribution in [0.3, 0.4) is 0 Å². The average molecular weight is 397 g/mol. The minimum Gasteiger partial charge on any atom is -0.311 e. The molecule has 0 spiro atoms. The molecule has 1 fully saturated rings. The third kappa shape index (κ3) is 3.07. The predicted molar refractivity (Wildman–Crippen MR) is 79.3 cm³/mol. The lowest BCUT2D eigenvalue weighted by Crippen LogP contribution is -2.27. The van der Waals surface area contributed by atoms with Gasteiger partial charge in [-0.2, -0.15) is 8.42 Å². The third-order valence-corrected chi connectivity index (χ3v) is 4.98. The predicted octanol–water partition coefficient (Wildman–Crippen LogP) is 2.26. The van der Waals surface area contributed by atoms with Crippen LogP contribution in [0.1, 0.15) is 18.9 Å². The molecular formula is C12H13FINO3S. The number of rotatable bonds is 3. The van der Waals surface area contributed by atoms with Gasteiger partial charge in [0.1, 0.15) is 5.25 Å². The highest BCUT2D eigenvalue weighted by Gasteiger charge is 2.39. The van der Waals surface area contributed by atoms with E-state index in [2.05, 4.69) is 22.6 Å². The van der Waals surface area contributed by atoms with E-state index in [-0.39, 0.29) is 18.9 Å². The van der Waals surface area contributed by atoms with Gasteiger partial charge in [-0.3, -0.25) is 4.79 Å². The normalized spacial score (nSPS) is 20.1. The summed E-state index contributed by atoms with van der Waals surface area (Å²) in [6.07, 6.45) is 0.441. The second kappa shape index (κ2) is 5.35. The zero-order valence-electron chi connectivity index (χ0n) is 10.3. The van der Waals surface area contributed by atoms with Gasteiger partial charge in [-0.15, -0.1) is 3.89 Å². The Kier molecular flexibility index (Phi) is 4.14. The van der Waals surface area contributed by atoms with Crippen molar-refractivity contribution >= 4 is 44.4 Å². The van der Waals surface area contributed by atoms with Crippen LogP contribution >= 0.6 is 22.6 Å². The van der Waals surface area contributed by atoms with E-state index < -0.39 is 15.5 Å². The Morgan fingerprint density at radius 1 is 1.47 bits per heavy atom. The van der Waals surface area contributed by atoms with Crippen molar-refractivity contribution in [3.63, 3.8) is 0 Å². The molecule has 1 atom stereocenters. The number of amides is 1. The van der Waals surface area contributed by atoms with Crippen LogP contribution in [0.5, 0.6) is 0 Å². The second-order valence-electron chi connectivity index (χ2n) is 4.43. The first-order chi connectivity index (χ1) is 8.82. The molecule has 1 heterocycles. The molecule has 1 aliphatic rings. The number of aryl methyl sites for hydroxylation is 1. The molecule has 104 valence electrons. The first-order valence-corrected chi connectivity index (χ1v) is 8.37. The third-order valence-electron chi connectivity index (χ3n) is 3.20. The Bertz CT molecular complexity index is 617. The van der Waals surface area contributed by atoms with Crippen LogP contribution in [-0.2, 0) is 21.4 Å². The summed E-state index contributed by atoms with van der Waals surface area (Å²) >= 11 is 2.17. The van der Waals surface area contributed by atoms with E-state index >= 15 is 0 Å². The topological polar surface area (TPSA) is 54.5 Å². The molecule has 0 aliphatic carbocycles. The summed E-state index contributed by atoms with van der Waals surface area (Å²) in [4.78, 5) is 13.2. The maximum absolute atomic E-state index is 13.0. The van der Waals surface area contributed by atoms with Gasteiger partial charge in [0.25, 0.3) is 0 Å². The molecular weight excluding hydrogens is 384 g/mol. The van der Waals surface area contributed by atoms with Crippen LogP contribution in [0.4, 0.5) is 9.57 Å². The highest BCUT2D eigenvalue weighted by molar-refractivity contribution is 14.1. The minimum absolute atomic E-state index is 0.106. The van der Waals surface area contributed by atoms with Crippen molar-refractivity contribution in [1.29, 1.82) is 0 Å². The van der Waals surface area contributed by atoms with E-state index in [4.69, 9.17) is 0 Å². The number of carbonyl (C=O) groups is 1. The van der Waals surface area contributed by atoms with Gasteiger partial charge in [0.05, 0.1) is 0 Å². The SMILES string of the molecule is CCc1cc(I)ccc1N1CC(S(=O)(=O)F)CC1=O. The van der Waals surface area contributed by atoms with E-state index in [1.165, 1.54) is 4.90 Å². The Balaban J connectivity index is 2.36. The number of benzene rings is 1. The Hall–Kier alpha value is -0.700. The van der Waals surface area contributed by atoms with Gasteiger partial charge < -0.3 is 4.90 Å². The maximum atomic E-state index is 13.0. The lowest BCUT2D eigenvalue weighted by Gasteiger charge is -2.19. The van der Waals surface area contributed by atoms with Crippen molar-refractivity contribution in [3.05, 3.63) is 27.3 Å². The van der Waals surface area contributed by atoms with Crippen molar-refractivity contribution in [2.45, 2.75) is 25.0 Å².